The van der Waals surface area contributed by atoms with Crippen LogP contribution in [0.1, 0.15) is 17.7 Å². The van der Waals surface area contributed by atoms with E-state index in [9.17, 15) is 18.7 Å². The van der Waals surface area contributed by atoms with Crippen molar-refractivity contribution in [1.29, 1.82) is 0 Å². The smallest absolute Gasteiger partial charge is 0.308 e. The summed E-state index contributed by atoms with van der Waals surface area (Å²) in [5, 5.41) is 17.7. The van der Waals surface area contributed by atoms with Gasteiger partial charge in [-0.25, -0.2) is 13.8 Å². The Balaban J connectivity index is 3.20. The fourth-order valence-corrected chi connectivity index (χ4v) is 1.17. The van der Waals surface area contributed by atoms with E-state index in [1.807, 2.05) is 0 Å². The second-order valence-electron chi connectivity index (χ2n) is 2.93. The number of pyridine rings is 1. The van der Waals surface area contributed by atoms with E-state index < -0.39 is 30.3 Å². The lowest BCUT2D eigenvalue weighted by molar-refractivity contribution is -0.136. The number of alkyl halides is 2. The first-order valence-corrected chi connectivity index (χ1v) is 4.22. The molecule has 0 aliphatic rings. The van der Waals surface area contributed by atoms with Gasteiger partial charge in [0, 0.05) is 5.56 Å². The molecule has 7 heteroatoms. The Bertz CT molecular complexity index is 409. The van der Waals surface area contributed by atoms with Crippen molar-refractivity contribution in [1.82, 2.24) is 4.98 Å². The molecule has 1 heterocycles. The molecule has 0 fully saturated rings. The molecule has 0 radical (unpaired) electrons. The summed E-state index contributed by atoms with van der Waals surface area (Å²) in [5.41, 5.74) is -0.789. The largest absolute Gasteiger partial charge is 0.506 e. The van der Waals surface area contributed by atoms with Gasteiger partial charge in [0.25, 0.3) is 6.43 Å². The predicted molar refractivity (Wildman–Crippen MR) is 48.8 cm³/mol. The number of hydrogen-bond acceptors (Lipinski definition) is 4. The number of hydrogen-bond donors (Lipinski definition) is 2. The zero-order valence-corrected chi connectivity index (χ0v) is 8.28. The van der Waals surface area contributed by atoms with Gasteiger partial charge in [0.1, 0.15) is 5.75 Å². The van der Waals surface area contributed by atoms with Crippen LogP contribution in [0.15, 0.2) is 6.07 Å². The molecular formula is C9H9F2NO4. The Morgan fingerprint density at radius 3 is 2.69 bits per heavy atom. The van der Waals surface area contributed by atoms with E-state index in [0.717, 1.165) is 6.07 Å². The van der Waals surface area contributed by atoms with Gasteiger partial charge in [-0.2, -0.15) is 0 Å². The van der Waals surface area contributed by atoms with Gasteiger partial charge in [-0.1, -0.05) is 0 Å². The maximum Gasteiger partial charge on any atom is 0.308 e. The van der Waals surface area contributed by atoms with Crippen molar-refractivity contribution in [3.63, 3.8) is 0 Å². The highest BCUT2D eigenvalue weighted by Crippen LogP contribution is 2.31. The van der Waals surface area contributed by atoms with Gasteiger partial charge >= 0.3 is 5.97 Å². The number of nitrogens with zero attached hydrogens (tertiary/aromatic N) is 1. The number of rotatable bonds is 4. The van der Waals surface area contributed by atoms with Gasteiger partial charge < -0.3 is 14.9 Å². The van der Waals surface area contributed by atoms with Gasteiger partial charge in [0.15, 0.2) is 5.69 Å². The van der Waals surface area contributed by atoms with Gasteiger partial charge in [-0.3, -0.25) is 4.79 Å². The molecule has 5 nitrogen and oxygen atoms in total. The number of carboxylic acids is 1. The lowest BCUT2D eigenvalue weighted by Gasteiger charge is -2.09. The topological polar surface area (TPSA) is 79.7 Å². The van der Waals surface area contributed by atoms with E-state index in [4.69, 9.17) is 5.11 Å². The third-order valence-electron chi connectivity index (χ3n) is 1.81. The maximum absolute atomic E-state index is 12.3. The highest BCUT2D eigenvalue weighted by Gasteiger charge is 2.20. The lowest BCUT2D eigenvalue weighted by atomic mass is 10.1. The molecule has 0 saturated carbocycles. The molecular weight excluding hydrogens is 224 g/mol. The van der Waals surface area contributed by atoms with Crippen LogP contribution in [-0.4, -0.2) is 28.3 Å². The van der Waals surface area contributed by atoms with Crippen molar-refractivity contribution >= 4 is 5.97 Å². The monoisotopic (exact) mass is 233 g/mol. The quantitative estimate of drug-likeness (QED) is 0.820. The van der Waals surface area contributed by atoms with E-state index in [1.165, 1.54) is 7.11 Å². The molecule has 0 saturated heterocycles. The summed E-state index contributed by atoms with van der Waals surface area (Å²) in [6, 6.07) is 0.918. The zero-order valence-electron chi connectivity index (χ0n) is 8.28. The summed E-state index contributed by atoms with van der Waals surface area (Å²) in [4.78, 5) is 13.8. The standard InChI is InChI=1S/C9H9F2NO4/c1-16-9-4(3-6(14)15)2-5(13)7(12-9)8(10)11/h2,8,13H,3H2,1H3,(H,14,15). The Kier molecular flexibility index (Phi) is 3.60. The molecule has 0 atom stereocenters. The van der Waals surface area contributed by atoms with Crippen LogP contribution < -0.4 is 4.74 Å². The van der Waals surface area contributed by atoms with Gasteiger partial charge in [0.05, 0.1) is 13.5 Å². The number of carbonyl (C=O) groups is 1. The molecule has 0 bridgehead atoms. The van der Waals surface area contributed by atoms with Crippen molar-refractivity contribution in [2.45, 2.75) is 12.8 Å². The van der Waals surface area contributed by atoms with Crippen LogP contribution in [0.4, 0.5) is 8.78 Å². The Labute approximate surface area is 89.3 Å². The van der Waals surface area contributed by atoms with E-state index in [-0.39, 0.29) is 11.4 Å². The highest BCUT2D eigenvalue weighted by molar-refractivity contribution is 5.71. The summed E-state index contributed by atoms with van der Waals surface area (Å²) in [6.07, 6.45) is -3.42. The Hall–Kier alpha value is -1.92. The molecule has 1 rings (SSSR count). The maximum atomic E-state index is 12.3. The van der Waals surface area contributed by atoms with Crippen LogP contribution in [0, 0.1) is 0 Å². The summed E-state index contributed by atoms with van der Waals surface area (Å²) < 4.78 is 29.4. The molecule has 0 amide bonds. The van der Waals surface area contributed by atoms with Crippen molar-refractivity contribution in [3.05, 3.63) is 17.3 Å². The SMILES string of the molecule is COc1nc(C(F)F)c(O)cc1CC(=O)O. The lowest BCUT2D eigenvalue weighted by Crippen LogP contribution is -2.05. The molecule has 0 unspecified atom stereocenters. The number of aliphatic carboxylic acids is 1. The fourth-order valence-electron chi connectivity index (χ4n) is 1.17. The van der Waals surface area contributed by atoms with E-state index in [0.29, 0.717) is 0 Å². The number of carboxylic acid groups (broad SMARTS) is 1. The number of halogens is 2. The summed E-state index contributed by atoms with van der Waals surface area (Å²) in [6.45, 7) is 0. The molecule has 0 aromatic carbocycles. The van der Waals surface area contributed by atoms with Gasteiger partial charge in [-0.05, 0) is 6.07 Å². The molecule has 1 aromatic heterocycles. The Morgan fingerprint density at radius 2 is 2.25 bits per heavy atom. The normalized spacial score (nSPS) is 10.5. The van der Waals surface area contributed by atoms with E-state index in [2.05, 4.69) is 9.72 Å². The average molecular weight is 233 g/mol. The Morgan fingerprint density at radius 1 is 1.62 bits per heavy atom. The van der Waals surface area contributed by atoms with Crippen LogP contribution in [0.2, 0.25) is 0 Å². The number of aromatic nitrogens is 1. The first-order valence-electron chi connectivity index (χ1n) is 4.22. The van der Waals surface area contributed by atoms with Gasteiger partial charge in [0.2, 0.25) is 5.88 Å². The molecule has 0 aliphatic carbocycles. The van der Waals surface area contributed by atoms with Crippen LogP contribution in [0.5, 0.6) is 11.6 Å². The second kappa shape index (κ2) is 4.73. The molecule has 88 valence electrons. The van der Waals surface area contributed by atoms with E-state index in [1.54, 1.807) is 0 Å². The molecule has 16 heavy (non-hydrogen) atoms. The summed E-state index contributed by atoms with van der Waals surface area (Å²) in [7, 11) is 1.18. The molecule has 1 aromatic rings. The van der Waals surface area contributed by atoms with Crippen molar-refractivity contribution in [3.8, 4) is 11.6 Å². The minimum absolute atomic E-state index is 0.0388. The third kappa shape index (κ3) is 2.56. The number of methoxy groups -OCH3 is 1. The molecule has 0 aliphatic heterocycles. The highest BCUT2D eigenvalue weighted by atomic mass is 19.3. The number of aromatic hydroxyl groups is 1. The first-order chi connectivity index (χ1) is 7.45. The van der Waals surface area contributed by atoms with Gasteiger partial charge in [-0.15, -0.1) is 0 Å². The number of ether oxygens (including phenoxy) is 1. The minimum Gasteiger partial charge on any atom is -0.506 e. The van der Waals surface area contributed by atoms with Crippen LogP contribution in [0.25, 0.3) is 0 Å². The van der Waals surface area contributed by atoms with Crippen molar-refractivity contribution in [2.75, 3.05) is 7.11 Å². The molecule has 2 N–H and O–H groups in total. The molecule has 0 spiro atoms. The van der Waals surface area contributed by atoms with Crippen LogP contribution in [0.3, 0.4) is 0 Å². The van der Waals surface area contributed by atoms with Crippen LogP contribution >= 0.6 is 0 Å². The minimum atomic E-state index is -2.95. The zero-order chi connectivity index (χ0) is 12.3. The fraction of sp³-hybridized carbons (Fsp3) is 0.333. The average Bonchev–Trinajstić information content (AvgIpc) is 2.16. The van der Waals surface area contributed by atoms with Crippen molar-refractivity contribution in [2.24, 2.45) is 0 Å². The second-order valence-corrected chi connectivity index (χ2v) is 2.93. The predicted octanol–water partition coefficient (Wildman–Crippen LogP) is 1.36. The summed E-state index contributed by atoms with van der Waals surface area (Å²) >= 11 is 0. The first kappa shape index (κ1) is 12.2. The van der Waals surface area contributed by atoms with Crippen molar-refractivity contribution < 1.29 is 28.5 Å². The summed E-state index contributed by atoms with van der Waals surface area (Å²) in [5.74, 6) is -2.15. The third-order valence-corrected chi connectivity index (χ3v) is 1.81. The van der Waals surface area contributed by atoms with E-state index >= 15 is 0 Å². The van der Waals surface area contributed by atoms with Crippen LogP contribution in [-0.2, 0) is 11.2 Å².